The number of carbonyl (C=O) groups excluding carboxylic acids is 2. The Hall–Kier alpha value is -1.25. The number of rotatable bonds is 5. The Morgan fingerprint density at radius 3 is 2.38 bits per heavy atom. The van der Waals surface area contributed by atoms with Crippen LogP contribution in [0.2, 0.25) is 0 Å². The van der Waals surface area contributed by atoms with Crippen molar-refractivity contribution < 1.29 is 18.0 Å². The van der Waals surface area contributed by atoms with E-state index in [0.717, 1.165) is 10.6 Å². The van der Waals surface area contributed by atoms with Gasteiger partial charge in [0.2, 0.25) is 15.9 Å². The van der Waals surface area contributed by atoms with E-state index in [4.69, 9.17) is 0 Å². The van der Waals surface area contributed by atoms with Gasteiger partial charge in [-0.1, -0.05) is 20.8 Å². The molecule has 1 aromatic rings. The van der Waals surface area contributed by atoms with Crippen LogP contribution in [0.5, 0.6) is 0 Å². The lowest BCUT2D eigenvalue weighted by molar-refractivity contribution is -0.116. The second kappa shape index (κ2) is 6.25. The SMILES string of the molecule is CN(CC(=O)Nc1sccc1C(=O)C(C)(C)C)S(C)(=O)=O. The first kappa shape index (κ1) is 17.8. The summed E-state index contributed by atoms with van der Waals surface area (Å²) in [6, 6.07) is 1.66. The molecule has 118 valence electrons. The molecule has 0 aliphatic heterocycles. The average molecular weight is 332 g/mol. The number of Topliss-reactive ketones (excluding diaryl/α,β-unsaturated/α-hetero) is 1. The fourth-order valence-corrected chi connectivity index (χ4v) is 2.63. The summed E-state index contributed by atoms with van der Waals surface area (Å²) in [7, 11) is -2.09. The summed E-state index contributed by atoms with van der Waals surface area (Å²) in [4.78, 5) is 24.1. The van der Waals surface area contributed by atoms with Crippen molar-refractivity contribution in [2.45, 2.75) is 20.8 Å². The van der Waals surface area contributed by atoms with Crippen LogP contribution in [-0.4, -0.2) is 44.3 Å². The van der Waals surface area contributed by atoms with Crippen LogP contribution < -0.4 is 5.32 Å². The largest absolute Gasteiger partial charge is 0.316 e. The number of amides is 1. The Balaban J connectivity index is 2.84. The van der Waals surface area contributed by atoms with E-state index in [1.54, 1.807) is 32.2 Å². The molecule has 0 unspecified atom stereocenters. The van der Waals surface area contributed by atoms with Gasteiger partial charge >= 0.3 is 0 Å². The highest BCUT2D eigenvalue weighted by Gasteiger charge is 2.26. The number of thiophene rings is 1. The molecule has 0 fully saturated rings. The van der Waals surface area contributed by atoms with Gasteiger partial charge in [0.1, 0.15) is 5.00 Å². The van der Waals surface area contributed by atoms with Crippen LogP contribution in [0.3, 0.4) is 0 Å². The molecular weight excluding hydrogens is 312 g/mol. The molecular formula is C13H20N2O4S2. The van der Waals surface area contributed by atoms with Gasteiger partial charge in [-0.15, -0.1) is 11.3 Å². The molecule has 0 atom stereocenters. The highest BCUT2D eigenvalue weighted by atomic mass is 32.2. The number of ketones is 1. The Labute approximate surface area is 129 Å². The van der Waals surface area contributed by atoms with Gasteiger partial charge in [-0.3, -0.25) is 9.59 Å². The van der Waals surface area contributed by atoms with E-state index in [2.05, 4.69) is 5.32 Å². The van der Waals surface area contributed by atoms with Gasteiger partial charge in [0.05, 0.1) is 18.4 Å². The van der Waals surface area contributed by atoms with E-state index in [-0.39, 0.29) is 12.3 Å². The zero-order valence-electron chi connectivity index (χ0n) is 12.8. The summed E-state index contributed by atoms with van der Waals surface area (Å²) in [6.45, 7) is 5.11. The lowest BCUT2D eigenvalue weighted by Crippen LogP contribution is -2.34. The van der Waals surface area contributed by atoms with Crippen LogP contribution in [-0.2, 0) is 14.8 Å². The Morgan fingerprint density at radius 1 is 1.33 bits per heavy atom. The van der Waals surface area contributed by atoms with Crippen molar-refractivity contribution in [3.63, 3.8) is 0 Å². The minimum absolute atomic E-state index is 0.0736. The zero-order valence-corrected chi connectivity index (χ0v) is 14.4. The van der Waals surface area contributed by atoms with Gasteiger partial charge in [-0.25, -0.2) is 8.42 Å². The number of hydrogen-bond donors (Lipinski definition) is 1. The van der Waals surface area contributed by atoms with E-state index in [1.807, 2.05) is 0 Å². The van der Waals surface area contributed by atoms with Gasteiger partial charge in [0.25, 0.3) is 0 Å². The fraction of sp³-hybridized carbons (Fsp3) is 0.538. The van der Waals surface area contributed by atoms with E-state index in [1.165, 1.54) is 18.4 Å². The highest BCUT2D eigenvalue weighted by Crippen LogP contribution is 2.30. The third-order valence-electron chi connectivity index (χ3n) is 2.78. The molecule has 8 heteroatoms. The first-order valence-electron chi connectivity index (χ1n) is 6.26. The normalized spacial score (nSPS) is 12.5. The molecule has 0 aliphatic carbocycles. The monoisotopic (exact) mass is 332 g/mol. The molecule has 0 spiro atoms. The van der Waals surface area contributed by atoms with E-state index in [0.29, 0.717) is 10.6 Å². The minimum atomic E-state index is -3.42. The van der Waals surface area contributed by atoms with Crippen LogP contribution in [0.15, 0.2) is 11.4 Å². The Morgan fingerprint density at radius 2 is 1.90 bits per heavy atom. The molecule has 0 aromatic carbocycles. The summed E-state index contributed by atoms with van der Waals surface area (Å²) >= 11 is 1.24. The topological polar surface area (TPSA) is 83.6 Å². The summed E-state index contributed by atoms with van der Waals surface area (Å²) in [5.41, 5.74) is -0.104. The molecule has 0 saturated heterocycles. The smallest absolute Gasteiger partial charge is 0.240 e. The minimum Gasteiger partial charge on any atom is -0.316 e. The second-order valence-electron chi connectivity index (χ2n) is 5.81. The predicted molar refractivity (Wildman–Crippen MR) is 84.2 cm³/mol. The predicted octanol–water partition coefficient (Wildman–Crippen LogP) is 1.81. The number of nitrogens with one attached hydrogen (secondary N) is 1. The molecule has 1 rings (SSSR count). The van der Waals surface area contributed by atoms with Crippen LogP contribution in [0.1, 0.15) is 31.1 Å². The van der Waals surface area contributed by atoms with E-state index < -0.39 is 21.3 Å². The lowest BCUT2D eigenvalue weighted by atomic mass is 9.87. The van der Waals surface area contributed by atoms with Crippen molar-refractivity contribution in [2.24, 2.45) is 5.41 Å². The van der Waals surface area contributed by atoms with Crippen LogP contribution >= 0.6 is 11.3 Å². The lowest BCUT2D eigenvalue weighted by Gasteiger charge is -2.17. The summed E-state index contributed by atoms with van der Waals surface area (Å²) in [6.07, 6.45) is 1.03. The van der Waals surface area contributed by atoms with Crippen molar-refractivity contribution in [1.82, 2.24) is 4.31 Å². The van der Waals surface area contributed by atoms with Crippen molar-refractivity contribution >= 4 is 38.1 Å². The maximum Gasteiger partial charge on any atom is 0.240 e. The molecule has 6 nitrogen and oxygen atoms in total. The fourth-order valence-electron chi connectivity index (χ4n) is 1.47. The van der Waals surface area contributed by atoms with Crippen molar-refractivity contribution in [3.8, 4) is 0 Å². The summed E-state index contributed by atoms with van der Waals surface area (Å²) in [5, 5.41) is 4.76. The highest BCUT2D eigenvalue weighted by molar-refractivity contribution is 7.88. The van der Waals surface area contributed by atoms with Gasteiger partial charge in [0.15, 0.2) is 5.78 Å². The Bertz CT molecular complexity index is 641. The van der Waals surface area contributed by atoms with Gasteiger partial charge in [-0.2, -0.15) is 4.31 Å². The van der Waals surface area contributed by atoms with E-state index >= 15 is 0 Å². The van der Waals surface area contributed by atoms with Crippen LogP contribution in [0, 0.1) is 5.41 Å². The van der Waals surface area contributed by atoms with Gasteiger partial charge in [0, 0.05) is 12.5 Å². The summed E-state index contributed by atoms with van der Waals surface area (Å²) in [5.74, 6) is -0.552. The molecule has 1 amide bonds. The average Bonchev–Trinajstić information content (AvgIpc) is 2.73. The standard InChI is InChI=1S/C13H20N2O4S2/c1-13(2,3)11(17)9-6-7-20-12(9)14-10(16)8-15(4)21(5,18)19/h6-7H,8H2,1-5H3,(H,14,16). The quantitative estimate of drug-likeness (QED) is 0.834. The van der Waals surface area contributed by atoms with Crippen LogP contribution in [0.4, 0.5) is 5.00 Å². The maximum absolute atomic E-state index is 12.3. The molecule has 0 radical (unpaired) electrons. The first-order valence-corrected chi connectivity index (χ1v) is 8.99. The molecule has 1 aromatic heterocycles. The molecule has 0 bridgehead atoms. The number of carbonyl (C=O) groups is 2. The van der Waals surface area contributed by atoms with Crippen molar-refractivity contribution in [1.29, 1.82) is 0 Å². The second-order valence-corrected chi connectivity index (χ2v) is 8.82. The number of anilines is 1. The first-order chi connectivity index (χ1) is 9.43. The molecule has 0 aliphatic rings. The number of hydrogen-bond acceptors (Lipinski definition) is 5. The zero-order chi connectivity index (χ0) is 16.4. The molecule has 1 heterocycles. The number of likely N-dealkylation sites (N-methyl/N-ethyl adjacent to an activating group) is 1. The Kier molecular flexibility index (Phi) is 5.30. The molecule has 21 heavy (non-hydrogen) atoms. The van der Waals surface area contributed by atoms with Crippen LogP contribution in [0.25, 0.3) is 0 Å². The van der Waals surface area contributed by atoms with Crippen molar-refractivity contribution in [3.05, 3.63) is 17.0 Å². The van der Waals surface area contributed by atoms with Gasteiger partial charge < -0.3 is 5.32 Å². The van der Waals surface area contributed by atoms with Crippen molar-refractivity contribution in [2.75, 3.05) is 25.2 Å². The number of sulfonamides is 1. The number of nitrogens with zero attached hydrogens (tertiary/aromatic N) is 1. The third kappa shape index (κ3) is 4.90. The molecule has 1 N–H and O–H groups in total. The van der Waals surface area contributed by atoms with Gasteiger partial charge in [-0.05, 0) is 11.4 Å². The maximum atomic E-state index is 12.3. The third-order valence-corrected chi connectivity index (χ3v) is 4.87. The van der Waals surface area contributed by atoms with E-state index in [9.17, 15) is 18.0 Å². The summed E-state index contributed by atoms with van der Waals surface area (Å²) < 4.78 is 23.5. The molecule has 0 saturated carbocycles.